The maximum Gasteiger partial charge on any atom is 0.328 e. The number of carbonyl (C=O) groups excluding carboxylic acids is 1. The molecule has 3 aromatic rings. The predicted octanol–water partition coefficient (Wildman–Crippen LogP) is 1.67. The molecular formula is C20H21N5O3. The normalized spacial score (nSPS) is 17.2. The maximum atomic E-state index is 12.6. The lowest BCUT2D eigenvalue weighted by Crippen LogP contribution is -2.40. The van der Waals surface area contributed by atoms with Crippen molar-refractivity contribution in [2.45, 2.75) is 19.4 Å². The molecular weight excluding hydrogens is 358 g/mol. The molecule has 144 valence electrons. The van der Waals surface area contributed by atoms with Crippen molar-refractivity contribution in [1.29, 1.82) is 0 Å². The lowest BCUT2D eigenvalue weighted by Gasteiger charge is -2.26. The van der Waals surface area contributed by atoms with E-state index >= 15 is 0 Å². The summed E-state index contributed by atoms with van der Waals surface area (Å²) in [4.78, 5) is 38.4. The van der Waals surface area contributed by atoms with E-state index in [0.717, 1.165) is 5.56 Å². The fraction of sp³-hybridized carbons (Fsp3) is 0.400. The number of aromatic amines is 1. The van der Waals surface area contributed by atoms with Crippen LogP contribution in [0, 0.1) is 5.92 Å². The van der Waals surface area contributed by atoms with E-state index in [2.05, 4.69) is 15.0 Å². The van der Waals surface area contributed by atoms with Gasteiger partial charge in [0.15, 0.2) is 11.3 Å². The molecule has 2 aromatic heterocycles. The number of ether oxygens (including phenoxy) is 1. The van der Waals surface area contributed by atoms with Crippen LogP contribution in [-0.2, 0) is 11.3 Å². The molecule has 0 atom stereocenters. The zero-order valence-electron chi connectivity index (χ0n) is 15.4. The van der Waals surface area contributed by atoms with Crippen molar-refractivity contribution >= 4 is 17.2 Å². The fourth-order valence-corrected chi connectivity index (χ4v) is 3.53. The van der Waals surface area contributed by atoms with E-state index in [1.807, 2.05) is 12.1 Å². The predicted molar refractivity (Wildman–Crippen MR) is 103 cm³/mol. The number of hydrogen-bond acceptors (Lipinski definition) is 5. The van der Waals surface area contributed by atoms with Gasteiger partial charge in [0.2, 0.25) is 0 Å². The molecule has 0 bridgehead atoms. The first-order chi connectivity index (χ1) is 13.7. The minimum atomic E-state index is -0.162. The number of rotatable bonds is 4. The molecule has 1 aliphatic heterocycles. The van der Waals surface area contributed by atoms with E-state index in [1.165, 1.54) is 12.8 Å². The largest absolute Gasteiger partial charge is 0.378 e. The van der Waals surface area contributed by atoms with Gasteiger partial charge in [-0.05, 0) is 30.9 Å². The van der Waals surface area contributed by atoms with E-state index in [-0.39, 0.29) is 11.6 Å². The van der Waals surface area contributed by atoms with Gasteiger partial charge in [-0.3, -0.25) is 14.3 Å². The summed E-state index contributed by atoms with van der Waals surface area (Å²) in [5.74, 6) is 0.590. The highest BCUT2D eigenvalue weighted by atomic mass is 16.5. The number of morpholine rings is 1. The van der Waals surface area contributed by atoms with Gasteiger partial charge in [-0.2, -0.15) is 0 Å². The van der Waals surface area contributed by atoms with Crippen LogP contribution in [0.1, 0.15) is 23.2 Å². The third-order valence-corrected chi connectivity index (χ3v) is 5.34. The first kappa shape index (κ1) is 17.1. The smallest absolute Gasteiger partial charge is 0.328 e. The third kappa shape index (κ3) is 3.20. The van der Waals surface area contributed by atoms with Crippen molar-refractivity contribution in [2.75, 3.05) is 26.3 Å². The third-order valence-electron chi connectivity index (χ3n) is 5.34. The number of carbonyl (C=O) groups is 1. The Labute approximate surface area is 161 Å². The second-order valence-electron chi connectivity index (χ2n) is 7.39. The molecule has 28 heavy (non-hydrogen) atoms. The summed E-state index contributed by atoms with van der Waals surface area (Å²) < 4.78 is 6.97. The van der Waals surface area contributed by atoms with Crippen LogP contribution in [0.2, 0.25) is 0 Å². The molecule has 8 heteroatoms. The molecule has 2 aliphatic rings. The highest BCUT2D eigenvalue weighted by Gasteiger charge is 2.24. The van der Waals surface area contributed by atoms with Crippen LogP contribution >= 0.6 is 0 Å². The summed E-state index contributed by atoms with van der Waals surface area (Å²) in [6.45, 7) is 3.10. The maximum absolute atomic E-state index is 12.6. The first-order valence-corrected chi connectivity index (χ1v) is 9.62. The van der Waals surface area contributed by atoms with Crippen LogP contribution < -0.4 is 5.69 Å². The lowest BCUT2D eigenvalue weighted by molar-refractivity contribution is 0.0303. The molecule has 5 rings (SSSR count). The number of amides is 1. The number of hydrogen-bond donors (Lipinski definition) is 1. The Morgan fingerprint density at radius 2 is 1.93 bits per heavy atom. The Morgan fingerprint density at radius 1 is 1.18 bits per heavy atom. The highest BCUT2D eigenvalue weighted by Crippen LogP contribution is 2.30. The minimum Gasteiger partial charge on any atom is -0.378 e. The Kier molecular flexibility index (Phi) is 4.20. The number of aromatic nitrogens is 4. The van der Waals surface area contributed by atoms with Gasteiger partial charge in [-0.15, -0.1) is 0 Å². The van der Waals surface area contributed by atoms with Crippen LogP contribution in [-0.4, -0.2) is 56.6 Å². The van der Waals surface area contributed by atoms with Crippen LogP contribution in [0.3, 0.4) is 0 Å². The van der Waals surface area contributed by atoms with Crippen molar-refractivity contribution in [3.8, 4) is 11.3 Å². The second-order valence-corrected chi connectivity index (χ2v) is 7.39. The molecule has 1 amide bonds. The van der Waals surface area contributed by atoms with Gasteiger partial charge in [0.05, 0.1) is 25.1 Å². The summed E-state index contributed by atoms with van der Waals surface area (Å²) >= 11 is 0. The molecule has 0 unspecified atom stereocenters. The van der Waals surface area contributed by atoms with Crippen LogP contribution in [0.25, 0.3) is 22.6 Å². The van der Waals surface area contributed by atoms with Gasteiger partial charge in [-0.1, -0.05) is 12.1 Å². The van der Waals surface area contributed by atoms with Crippen molar-refractivity contribution < 1.29 is 9.53 Å². The van der Waals surface area contributed by atoms with E-state index in [4.69, 9.17) is 4.74 Å². The molecule has 0 spiro atoms. The Balaban J connectivity index is 1.40. The topological polar surface area (TPSA) is 93.1 Å². The molecule has 1 aromatic carbocycles. The zero-order valence-corrected chi connectivity index (χ0v) is 15.4. The standard InChI is InChI=1S/C20H21N5O3/c26-19(24-7-9-28-10-8-24)15-5-3-14(4-6-15)16-11-21-18-17(22-16)23-20(27)25(18)12-13-1-2-13/h3-6,11,13H,1-2,7-10,12H2,(H,22,23,27). The summed E-state index contributed by atoms with van der Waals surface area (Å²) in [6.07, 6.45) is 4.01. The average molecular weight is 379 g/mol. The van der Waals surface area contributed by atoms with Crippen molar-refractivity contribution in [2.24, 2.45) is 5.92 Å². The van der Waals surface area contributed by atoms with E-state index < -0.39 is 0 Å². The molecule has 1 N–H and O–H groups in total. The van der Waals surface area contributed by atoms with E-state index in [1.54, 1.807) is 27.8 Å². The first-order valence-electron chi connectivity index (χ1n) is 9.62. The number of nitrogens with one attached hydrogen (secondary N) is 1. The highest BCUT2D eigenvalue weighted by molar-refractivity contribution is 5.94. The number of H-pyrrole nitrogens is 1. The van der Waals surface area contributed by atoms with Gasteiger partial charge in [0.25, 0.3) is 5.91 Å². The fourth-order valence-electron chi connectivity index (χ4n) is 3.53. The summed E-state index contributed by atoms with van der Waals surface area (Å²) in [5.41, 5.74) is 3.09. The van der Waals surface area contributed by atoms with Gasteiger partial charge < -0.3 is 9.64 Å². The van der Waals surface area contributed by atoms with Crippen LogP contribution in [0.4, 0.5) is 0 Å². The molecule has 0 radical (unpaired) electrons. The molecule has 8 nitrogen and oxygen atoms in total. The summed E-state index contributed by atoms with van der Waals surface area (Å²) in [6, 6.07) is 7.34. The van der Waals surface area contributed by atoms with Gasteiger partial charge in [0, 0.05) is 30.8 Å². The number of imidazole rings is 1. The molecule has 1 saturated heterocycles. The molecule has 3 heterocycles. The molecule has 2 fully saturated rings. The van der Waals surface area contributed by atoms with Gasteiger partial charge in [-0.25, -0.2) is 14.8 Å². The monoisotopic (exact) mass is 379 g/mol. The zero-order chi connectivity index (χ0) is 19.1. The number of fused-ring (bicyclic) bond motifs is 1. The number of benzene rings is 1. The lowest BCUT2D eigenvalue weighted by atomic mass is 10.1. The Hall–Kier alpha value is -3.00. The summed E-state index contributed by atoms with van der Waals surface area (Å²) in [5, 5.41) is 0. The molecule has 1 saturated carbocycles. The van der Waals surface area contributed by atoms with Crippen LogP contribution in [0.5, 0.6) is 0 Å². The van der Waals surface area contributed by atoms with Crippen molar-refractivity contribution in [1.82, 2.24) is 24.4 Å². The SMILES string of the molecule is O=C(c1ccc(-c2cnc3c(n2)[nH]c(=O)n3CC2CC2)cc1)N1CCOCC1. The van der Waals surface area contributed by atoms with E-state index in [0.29, 0.717) is 61.3 Å². The van der Waals surface area contributed by atoms with E-state index in [9.17, 15) is 9.59 Å². The van der Waals surface area contributed by atoms with Gasteiger partial charge in [0.1, 0.15) is 0 Å². The second kappa shape index (κ2) is 6.87. The number of nitrogens with zero attached hydrogens (tertiary/aromatic N) is 4. The van der Waals surface area contributed by atoms with Crippen molar-refractivity contribution in [3.63, 3.8) is 0 Å². The average Bonchev–Trinajstić information content (AvgIpc) is 3.51. The Bertz CT molecular complexity index is 1080. The van der Waals surface area contributed by atoms with Crippen LogP contribution in [0.15, 0.2) is 35.3 Å². The minimum absolute atomic E-state index is 0.0119. The molecule has 1 aliphatic carbocycles. The Morgan fingerprint density at radius 3 is 2.64 bits per heavy atom. The summed E-state index contributed by atoms with van der Waals surface area (Å²) in [7, 11) is 0. The van der Waals surface area contributed by atoms with Crippen molar-refractivity contribution in [3.05, 3.63) is 46.5 Å². The van der Waals surface area contributed by atoms with Gasteiger partial charge >= 0.3 is 5.69 Å². The quantitative estimate of drug-likeness (QED) is 0.744.